The number of aromatic nitrogens is 3. The van der Waals surface area contributed by atoms with Crippen LogP contribution in [0.2, 0.25) is 0 Å². The van der Waals surface area contributed by atoms with Crippen molar-refractivity contribution in [2.45, 2.75) is 39.7 Å². The number of hydrogen-bond donors (Lipinski definition) is 2. The summed E-state index contributed by atoms with van der Waals surface area (Å²) in [5, 5.41) is 13.6. The SMILES string of the molecule is CCCn1c(=O)[nH]c(=O)c2c(C(=O)Nc3cccc([N+](=O)[O-])c3)cc(C(C)C)nc21. The van der Waals surface area contributed by atoms with Crippen LogP contribution in [0.4, 0.5) is 11.4 Å². The number of aryl methyl sites for hydroxylation is 1. The number of hydrogen-bond acceptors (Lipinski definition) is 6. The van der Waals surface area contributed by atoms with Crippen molar-refractivity contribution in [1.82, 2.24) is 14.5 Å². The first-order chi connectivity index (χ1) is 14.2. The van der Waals surface area contributed by atoms with Gasteiger partial charge in [0.2, 0.25) is 0 Å². The average Bonchev–Trinajstić information content (AvgIpc) is 2.70. The van der Waals surface area contributed by atoms with Crippen LogP contribution < -0.4 is 16.6 Å². The Balaban J connectivity index is 2.21. The molecule has 0 aliphatic rings. The lowest BCUT2D eigenvalue weighted by Gasteiger charge is -2.14. The maximum absolute atomic E-state index is 13.0. The van der Waals surface area contributed by atoms with Crippen molar-refractivity contribution in [2.75, 3.05) is 5.32 Å². The summed E-state index contributed by atoms with van der Waals surface area (Å²) in [5.74, 6) is -0.694. The van der Waals surface area contributed by atoms with E-state index in [1.807, 2.05) is 20.8 Å². The summed E-state index contributed by atoms with van der Waals surface area (Å²) in [6, 6.07) is 7.00. The Kier molecular flexibility index (Phi) is 5.77. The maximum Gasteiger partial charge on any atom is 0.329 e. The van der Waals surface area contributed by atoms with Crippen molar-refractivity contribution >= 4 is 28.3 Å². The molecule has 0 saturated heterocycles. The van der Waals surface area contributed by atoms with Gasteiger partial charge in [-0.3, -0.25) is 29.3 Å². The van der Waals surface area contributed by atoms with E-state index in [-0.39, 0.29) is 33.9 Å². The van der Waals surface area contributed by atoms with E-state index >= 15 is 0 Å². The minimum Gasteiger partial charge on any atom is -0.322 e. The van der Waals surface area contributed by atoms with Gasteiger partial charge in [0, 0.05) is 30.1 Å². The fraction of sp³-hybridized carbons (Fsp3) is 0.300. The van der Waals surface area contributed by atoms with Crippen LogP contribution in [-0.4, -0.2) is 25.4 Å². The van der Waals surface area contributed by atoms with Crippen molar-refractivity contribution in [1.29, 1.82) is 0 Å². The molecule has 1 amide bonds. The Morgan fingerprint density at radius 1 is 1.30 bits per heavy atom. The standard InChI is InChI=1S/C20H21N5O5/c1-4-8-24-17-16(19(27)23-20(24)28)14(10-15(22-17)11(2)3)18(26)21-12-6-5-7-13(9-12)25(29)30/h5-7,9-11H,4,8H2,1-3H3,(H,21,26)(H,23,27,28). The minimum atomic E-state index is -0.714. The number of nitro benzene ring substituents is 1. The fourth-order valence-electron chi connectivity index (χ4n) is 3.09. The summed E-state index contributed by atoms with van der Waals surface area (Å²) < 4.78 is 1.34. The second kappa shape index (κ2) is 8.27. The van der Waals surface area contributed by atoms with Gasteiger partial charge in [-0.15, -0.1) is 0 Å². The highest BCUT2D eigenvalue weighted by molar-refractivity contribution is 6.12. The fourth-order valence-corrected chi connectivity index (χ4v) is 3.09. The zero-order chi connectivity index (χ0) is 22.0. The van der Waals surface area contributed by atoms with Crippen molar-refractivity contribution in [3.63, 3.8) is 0 Å². The number of amides is 1. The molecule has 2 heterocycles. The van der Waals surface area contributed by atoms with E-state index in [4.69, 9.17) is 0 Å². The number of nitrogens with zero attached hydrogens (tertiary/aromatic N) is 3. The Bertz CT molecular complexity index is 1260. The lowest BCUT2D eigenvalue weighted by Crippen LogP contribution is -2.32. The first-order valence-electron chi connectivity index (χ1n) is 9.46. The number of anilines is 1. The second-order valence-corrected chi connectivity index (χ2v) is 7.12. The molecule has 2 aromatic heterocycles. The molecule has 0 fully saturated rings. The molecule has 0 saturated carbocycles. The van der Waals surface area contributed by atoms with Gasteiger partial charge < -0.3 is 5.32 Å². The minimum absolute atomic E-state index is 0.00428. The molecular weight excluding hydrogens is 390 g/mol. The normalized spacial score (nSPS) is 11.1. The predicted octanol–water partition coefficient (Wildman–Crippen LogP) is 2.78. The number of H-pyrrole nitrogens is 1. The highest BCUT2D eigenvalue weighted by atomic mass is 16.6. The number of nitrogens with one attached hydrogen (secondary N) is 2. The van der Waals surface area contributed by atoms with Crippen LogP contribution in [0.1, 0.15) is 49.2 Å². The highest BCUT2D eigenvalue weighted by Crippen LogP contribution is 2.22. The summed E-state index contributed by atoms with van der Waals surface area (Å²) >= 11 is 0. The third-order valence-electron chi connectivity index (χ3n) is 4.57. The molecule has 3 rings (SSSR count). The van der Waals surface area contributed by atoms with E-state index < -0.39 is 22.1 Å². The molecule has 0 aliphatic heterocycles. The Labute approximate surface area is 170 Å². The van der Waals surface area contributed by atoms with Gasteiger partial charge in [-0.25, -0.2) is 9.78 Å². The number of fused-ring (bicyclic) bond motifs is 1. The molecule has 0 aliphatic carbocycles. The first kappa shape index (κ1) is 20.9. The van der Waals surface area contributed by atoms with Crippen LogP contribution in [0.3, 0.4) is 0 Å². The van der Waals surface area contributed by atoms with Crippen LogP contribution in [0.15, 0.2) is 39.9 Å². The molecule has 0 spiro atoms. The second-order valence-electron chi connectivity index (χ2n) is 7.12. The van der Waals surface area contributed by atoms with Crippen LogP contribution in [-0.2, 0) is 6.54 Å². The lowest BCUT2D eigenvalue weighted by molar-refractivity contribution is -0.384. The number of carbonyl (C=O) groups excluding carboxylic acids is 1. The molecule has 0 atom stereocenters. The molecule has 3 aromatic rings. The molecule has 156 valence electrons. The summed E-state index contributed by atoms with van der Waals surface area (Å²) in [7, 11) is 0. The summed E-state index contributed by atoms with van der Waals surface area (Å²) in [4.78, 5) is 55.1. The van der Waals surface area contributed by atoms with Gasteiger partial charge in [-0.1, -0.05) is 26.8 Å². The summed E-state index contributed by atoms with van der Waals surface area (Å²) in [6.45, 7) is 5.97. The van der Waals surface area contributed by atoms with Gasteiger partial charge in [0.15, 0.2) is 5.65 Å². The topological polar surface area (TPSA) is 140 Å². The van der Waals surface area contributed by atoms with Crippen molar-refractivity contribution in [3.8, 4) is 0 Å². The smallest absolute Gasteiger partial charge is 0.322 e. The van der Waals surface area contributed by atoms with Crippen LogP contribution in [0.25, 0.3) is 11.0 Å². The van der Waals surface area contributed by atoms with Crippen molar-refractivity contribution in [2.24, 2.45) is 0 Å². The summed E-state index contributed by atoms with van der Waals surface area (Å²) in [5.41, 5.74) is -0.542. The van der Waals surface area contributed by atoms with Gasteiger partial charge in [-0.2, -0.15) is 0 Å². The number of aromatic amines is 1. The van der Waals surface area contributed by atoms with Gasteiger partial charge in [0.1, 0.15) is 0 Å². The first-order valence-corrected chi connectivity index (χ1v) is 9.46. The highest BCUT2D eigenvalue weighted by Gasteiger charge is 2.21. The monoisotopic (exact) mass is 411 g/mol. The molecule has 0 bridgehead atoms. The molecule has 10 heteroatoms. The number of nitro groups is 1. The number of rotatable bonds is 6. The Morgan fingerprint density at radius 3 is 2.67 bits per heavy atom. The van der Waals surface area contributed by atoms with Crippen LogP contribution in [0.5, 0.6) is 0 Å². The van der Waals surface area contributed by atoms with E-state index in [0.29, 0.717) is 18.7 Å². The molecule has 0 unspecified atom stereocenters. The average molecular weight is 411 g/mol. The Morgan fingerprint density at radius 2 is 2.03 bits per heavy atom. The van der Waals surface area contributed by atoms with E-state index in [1.165, 1.54) is 34.9 Å². The van der Waals surface area contributed by atoms with Gasteiger partial charge in [0.05, 0.1) is 15.9 Å². The van der Waals surface area contributed by atoms with E-state index in [9.17, 15) is 24.5 Å². The zero-order valence-corrected chi connectivity index (χ0v) is 16.8. The molecule has 1 aromatic carbocycles. The third kappa shape index (κ3) is 3.97. The van der Waals surface area contributed by atoms with Crippen LogP contribution >= 0.6 is 0 Å². The van der Waals surface area contributed by atoms with E-state index in [2.05, 4.69) is 15.3 Å². The van der Waals surface area contributed by atoms with E-state index in [1.54, 1.807) is 0 Å². The molecule has 2 N–H and O–H groups in total. The quantitative estimate of drug-likeness (QED) is 0.472. The Hall–Kier alpha value is -3.82. The van der Waals surface area contributed by atoms with Crippen LogP contribution in [0, 0.1) is 10.1 Å². The van der Waals surface area contributed by atoms with Gasteiger partial charge >= 0.3 is 5.69 Å². The number of pyridine rings is 1. The van der Waals surface area contributed by atoms with Crippen molar-refractivity contribution < 1.29 is 9.72 Å². The number of non-ortho nitro benzene ring substituents is 1. The third-order valence-corrected chi connectivity index (χ3v) is 4.57. The maximum atomic E-state index is 13.0. The molecule has 10 nitrogen and oxygen atoms in total. The number of benzene rings is 1. The lowest BCUT2D eigenvalue weighted by atomic mass is 10.0. The molecular formula is C20H21N5O5. The van der Waals surface area contributed by atoms with Gasteiger partial charge in [0.25, 0.3) is 17.2 Å². The molecule has 0 radical (unpaired) electrons. The predicted molar refractivity (Wildman–Crippen MR) is 112 cm³/mol. The largest absolute Gasteiger partial charge is 0.329 e. The zero-order valence-electron chi connectivity index (χ0n) is 16.8. The summed E-state index contributed by atoms with van der Waals surface area (Å²) in [6.07, 6.45) is 0.629. The number of carbonyl (C=O) groups is 1. The van der Waals surface area contributed by atoms with Gasteiger partial charge in [-0.05, 0) is 24.5 Å². The molecule has 30 heavy (non-hydrogen) atoms. The van der Waals surface area contributed by atoms with Crippen molar-refractivity contribution in [3.05, 3.63) is 72.5 Å². The van der Waals surface area contributed by atoms with E-state index in [0.717, 1.165) is 0 Å².